The van der Waals surface area contributed by atoms with Crippen LogP contribution < -0.4 is 5.32 Å². The van der Waals surface area contributed by atoms with E-state index in [1.807, 2.05) is 24.3 Å². The van der Waals surface area contributed by atoms with Gasteiger partial charge < -0.3 is 10.2 Å². The maximum Gasteiger partial charge on any atom is 0.322 e. The molecule has 1 aliphatic heterocycles. The largest absolute Gasteiger partial charge is 0.322 e. The van der Waals surface area contributed by atoms with Crippen LogP contribution in [0.15, 0.2) is 42.5 Å². The molecule has 27 heavy (non-hydrogen) atoms. The van der Waals surface area contributed by atoms with Crippen LogP contribution in [0.5, 0.6) is 0 Å². The molecule has 2 aromatic rings. The SMILES string of the molecule is CS(=O)(=O)CC1CCCCN1C(=O)Nc1ccc2c(c1)Cc1ccccc1-2. The number of benzene rings is 2. The van der Waals surface area contributed by atoms with Gasteiger partial charge in [0.25, 0.3) is 0 Å². The van der Waals surface area contributed by atoms with Crippen LogP contribution in [0.3, 0.4) is 0 Å². The van der Waals surface area contributed by atoms with E-state index in [4.69, 9.17) is 0 Å². The molecule has 4 rings (SSSR count). The van der Waals surface area contributed by atoms with Crippen molar-refractivity contribution < 1.29 is 13.2 Å². The zero-order chi connectivity index (χ0) is 19.0. The van der Waals surface area contributed by atoms with E-state index in [1.165, 1.54) is 28.5 Å². The molecule has 1 saturated heterocycles. The number of nitrogens with zero attached hydrogens (tertiary/aromatic N) is 1. The number of piperidine rings is 1. The second-order valence-corrected chi connectivity index (χ2v) is 9.76. The Bertz CT molecular complexity index is 985. The Morgan fingerprint density at radius 3 is 2.70 bits per heavy atom. The summed E-state index contributed by atoms with van der Waals surface area (Å²) in [6, 6.07) is 13.9. The van der Waals surface area contributed by atoms with Crippen molar-refractivity contribution in [1.82, 2.24) is 4.90 Å². The van der Waals surface area contributed by atoms with Gasteiger partial charge in [0.1, 0.15) is 9.84 Å². The smallest absolute Gasteiger partial charge is 0.321 e. The summed E-state index contributed by atoms with van der Waals surface area (Å²) >= 11 is 0. The standard InChI is InChI=1S/C21H24N2O3S/c1-27(25,26)14-18-7-4-5-11-23(18)21(24)22-17-9-10-20-16(13-17)12-15-6-2-3-8-19(15)20/h2-3,6,8-10,13,18H,4-5,7,11-12,14H2,1H3,(H,22,24). The normalized spacial score (nSPS) is 18.7. The third-order valence-corrected chi connectivity index (χ3v) is 6.42. The second kappa shape index (κ2) is 7.00. The average Bonchev–Trinajstić information content (AvgIpc) is 2.98. The number of carbonyl (C=O) groups is 1. The molecular formula is C21H24N2O3S. The van der Waals surface area contributed by atoms with Crippen LogP contribution in [0.4, 0.5) is 10.5 Å². The maximum atomic E-state index is 12.8. The van der Waals surface area contributed by atoms with Gasteiger partial charge in [0.15, 0.2) is 0 Å². The molecule has 0 bridgehead atoms. The third-order valence-electron chi connectivity index (χ3n) is 5.43. The molecule has 1 heterocycles. The van der Waals surface area contributed by atoms with Gasteiger partial charge in [0.2, 0.25) is 0 Å². The molecule has 2 aromatic carbocycles. The van der Waals surface area contributed by atoms with Gasteiger partial charge in [0, 0.05) is 24.5 Å². The molecular weight excluding hydrogens is 360 g/mol. The molecule has 5 nitrogen and oxygen atoms in total. The van der Waals surface area contributed by atoms with Crippen LogP contribution in [0.25, 0.3) is 11.1 Å². The van der Waals surface area contributed by atoms with E-state index in [0.29, 0.717) is 6.54 Å². The minimum absolute atomic E-state index is 0.0277. The highest BCUT2D eigenvalue weighted by molar-refractivity contribution is 7.90. The Balaban J connectivity index is 1.51. The quantitative estimate of drug-likeness (QED) is 0.749. The Hall–Kier alpha value is -2.34. The van der Waals surface area contributed by atoms with Crippen molar-refractivity contribution in [3.63, 3.8) is 0 Å². The Morgan fingerprint density at radius 1 is 1.11 bits per heavy atom. The van der Waals surface area contributed by atoms with Crippen molar-refractivity contribution in [1.29, 1.82) is 0 Å². The van der Waals surface area contributed by atoms with Crippen molar-refractivity contribution in [2.24, 2.45) is 0 Å². The zero-order valence-electron chi connectivity index (χ0n) is 15.4. The lowest BCUT2D eigenvalue weighted by molar-refractivity contribution is 0.171. The number of rotatable bonds is 3. The van der Waals surface area contributed by atoms with E-state index in [9.17, 15) is 13.2 Å². The first-order valence-electron chi connectivity index (χ1n) is 9.37. The van der Waals surface area contributed by atoms with Gasteiger partial charge in [-0.25, -0.2) is 13.2 Å². The van der Waals surface area contributed by atoms with E-state index < -0.39 is 9.84 Å². The summed E-state index contributed by atoms with van der Waals surface area (Å²) in [7, 11) is -3.12. The van der Waals surface area contributed by atoms with Crippen molar-refractivity contribution in [3.8, 4) is 11.1 Å². The van der Waals surface area contributed by atoms with Crippen molar-refractivity contribution >= 4 is 21.6 Å². The summed E-state index contributed by atoms with van der Waals surface area (Å²) in [6.07, 6.45) is 4.71. The number of likely N-dealkylation sites (tertiary alicyclic amines) is 1. The number of urea groups is 1. The predicted octanol–water partition coefficient (Wildman–Crippen LogP) is 3.69. The number of hydrogen-bond donors (Lipinski definition) is 1. The summed E-state index contributed by atoms with van der Waals surface area (Å²) in [5.74, 6) is 0.0277. The van der Waals surface area contributed by atoms with Crippen molar-refractivity contribution in [3.05, 3.63) is 53.6 Å². The Kier molecular flexibility index (Phi) is 4.68. The first-order valence-corrected chi connectivity index (χ1v) is 11.4. The summed E-state index contributed by atoms with van der Waals surface area (Å²) < 4.78 is 23.4. The van der Waals surface area contributed by atoms with Crippen LogP contribution in [0.1, 0.15) is 30.4 Å². The number of carbonyl (C=O) groups excluding carboxylic acids is 1. The van der Waals surface area contributed by atoms with E-state index in [0.717, 1.165) is 31.4 Å². The number of sulfone groups is 1. The molecule has 2 aliphatic rings. The van der Waals surface area contributed by atoms with Crippen LogP contribution in [-0.2, 0) is 16.3 Å². The summed E-state index contributed by atoms with van der Waals surface area (Å²) in [5.41, 5.74) is 5.75. The molecule has 1 atom stereocenters. The van der Waals surface area contributed by atoms with Gasteiger partial charge in [-0.2, -0.15) is 0 Å². The number of fused-ring (bicyclic) bond motifs is 3. The fraction of sp³-hybridized carbons (Fsp3) is 0.381. The van der Waals surface area contributed by atoms with Gasteiger partial charge in [-0.1, -0.05) is 30.3 Å². The van der Waals surface area contributed by atoms with Gasteiger partial charge in [0.05, 0.1) is 5.75 Å². The highest BCUT2D eigenvalue weighted by Crippen LogP contribution is 2.37. The molecule has 0 saturated carbocycles. The Labute approximate surface area is 160 Å². The minimum atomic E-state index is -3.12. The predicted molar refractivity (Wildman–Crippen MR) is 108 cm³/mol. The molecule has 1 unspecified atom stereocenters. The summed E-state index contributed by atoms with van der Waals surface area (Å²) in [5, 5.41) is 2.98. The van der Waals surface area contributed by atoms with Gasteiger partial charge in [-0.05, 0) is 60.1 Å². The zero-order valence-corrected chi connectivity index (χ0v) is 16.3. The average molecular weight is 385 g/mol. The van der Waals surface area contributed by atoms with Crippen LogP contribution >= 0.6 is 0 Å². The molecule has 1 aliphatic carbocycles. The molecule has 0 radical (unpaired) electrons. The second-order valence-electron chi connectivity index (χ2n) is 7.57. The number of amides is 2. The molecule has 2 amide bonds. The van der Waals surface area contributed by atoms with Gasteiger partial charge in [-0.3, -0.25) is 0 Å². The highest BCUT2D eigenvalue weighted by atomic mass is 32.2. The van der Waals surface area contributed by atoms with Crippen LogP contribution in [0, 0.1) is 0 Å². The number of hydrogen-bond acceptors (Lipinski definition) is 3. The lowest BCUT2D eigenvalue weighted by Gasteiger charge is -2.35. The third kappa shape index (κ3) is 3.86. The first-order chi connectivity index (χ1) is 12.9. The lowest BCUT2D eigenvalue weighted by atomic mass is 10.0. The van der Waals surface area contributed by atoms with Crippen molar-refractivity contribution in [2.45, 2.75) is 31.7 Å². The summed E-state index contributed by atoms with van der Waals surface area (Å²) in [4.78, 5) is 14.5. The summed E-state index contributed by atoms with van der Waals surface area (Å²) in [6.45, 7) is 0.600. The van der Waals surface area contributed by atoms with E-state index in [2.05, 4.69) is 23.5 Å². The molecule has 0 spiro atoms. The van der Waals surface area contributed by atoms with Crippen molar-refractivity contribution in [2.75, 3.05) is 23.9 Å². The molecule has 1 N–H and O–H groups in total. The monoisotopic (exact) mass is 384 g/mol. The number of anilines is 1. The first kappa shape index (κ1) is 18.0. The fourth-order valence-electron chi connectivity index (χ4n) is 4.21. The minimum Gasteiger partial charge on any atom is -0.321 e. The van der Waals surface area contributed by atoms with E-state index in [1.54, 1.807) is 4.90 Å². The van der Waals surface area contributed by atoms with Gasteiger partial charge in [-0.15, -0.1) is 0 Å². The van der Waals surface area contributed by atoms with E-state index in [-0.39, 0.29) is 17.8 Å². The topological polar surface area (TPSA) is 66.5 Å². The lowest BCUT2D eigenvalue weighted by Crippen LogP contribution is -2.48. The maximum absolute atomic E-state index is 12.8. The molecule has 142 valence electrons. The van der Waals surface area contributed by atoms with Crippen LogP contribution in [-0.4, -0.2) is 43.9 Å². The number of nitrogens with one attached hydrogen (secondary N) is 1. The van der Waals surface area contributed by atoms with Crippen LogP contribution in [0.2, 0.25) is 0 Å². The molecule has 6 heteroatoms. The molecule has 0 aromatic heterocycles. The highest BCUT2D eigenvalue weighted by Gasteiger charge is 2.29. The van der Waals surface area contributed by atoms with E-state index >= 15 is 0 Å². The Morgan fingerprint density at radius 2 is 1.89 bits per heavy atom. The fourth-order valence-corrected chi connectivity index (χ4v) is 5.25. The molecule has 1 fully saturated rings. The van der Waals surface area contributed by atoms with Gasteiger partial charge >= 0.3 is 6.03 Å².